The third kappa shape index (κ3) is 2.62. The number of likely N-dealkylation sites (N-methyl/N-ethyl adjacent to an activating group) is 1. The molecule has 4 nitrogen and oxygen atoms in total. The summed E-state index contributed by atoms with van der Waals surface area (Å²) in [4.78, 5) is 27.0. The van der Waals surface area contributed by atoms with Crippen molar-refractivity contribution >= 4 is 40.1 Å². The second kappa shape index (κ2) is 5.45. The average molecular weight is 258 g/mol. The van der Waals surface area contributed by atoms with Gasteiger partial charge in [0.1, 0.15) is 4.99 Å². The lowest BCUT2D eigenvalue weighted by Crippen LogP contribution is -2.27. The van der Waals surface area contributed by atoms with Crippen LogP contribution in [0.1, 0.15) is 20.8 Å². The fraction of sp³-hybridized carbons (Fsp3) is 0.500. The fourth-order valence-electron chi connectivity index (χ4n) is 1.31. The summed E-state index contributed by atoms with van der Waals surface area (Å²) in [5, 5.41) is -0.0710. The van der Waals surface area contributed by atoms with Crippen molar-refractivity contribution < 1.29 is 9.59 Å². The topological polar surface area (TPSA) is 40.6 Å². The summed E-state index contributed by atoms with van der Waals surface area (Å²) in [5.41, 5.74) is 0. The Morgan fingerprint density at radius 2 is 2.19 bits per heavy atom. The van der Waals surface area contributed by atoms with Crippen molar-refractivity contribution in [3.05, 3.63) is 11.1 Å². The van der Waals surface area contributed by atoms with Gasteiger partial charge >= 0.3 is 0 Å². The predicted molar refractivity (Wildman–Crippen MR) is 69.1 cm³/mol. The largest absolute Gasteiger partial charge is 0.318 e. The Kier molecular flexibility index (Phi) is 4.49. The van der Waals surface area contributed by atoms with Crippen LogP contribution in [0.25, 0.3) is 0 Å². The van der Waals surface area contributed by atoms with E-state index in [2.05, 4.69) is 0 Å². The minimum absolute atomic E-state index is 0.0548. The predicted octanol–water partition coefficient (Wildman–Crippen LogP) is 2.21. The van der Waals surface area contributed by atoms with Gasteiger partial charge in [0.15, 0.2) is 0 Å². The van der Waals surface area contributed by atoms with Crippen molar-refractivity contribution in [2.75, 3.05) is 13.1 Å². The molecule has 1 rings (SSSR count). The maximum Gasteiger partial charge on any atom is 0.291 e. The number of thioether (sulfide) groups is 1. The number of hydrogen-bond donors (Lipinski definition) is 0. The van der Waals surface area contributed by atoms with Gasteiger partial charge in [-0.3, -0.25) is 14.5 Å². The summed E-state index contributed by atoms with van der Waals surface area (Å²) in [6.07, 6.45) is 1.66. The zero-order chi connectivity index (χ0) is 12.3. The lowest BCUT2D eigenvalue weighted by Gasteiger charge is -2.15. The van der Waals surface area contributed by atoms with Crippen molar-refractivity contribution in [1.29, 1.82) is 0 Å². The van der Waals surface area contributed by atoms with Crippen LogP contribution in [0.5, 0.6) is 0 Å². The Bertz CT molecular complexity index is 366. The van der Waals surface area contributed by atoms with Crippen LogP contribution in [0.3, 0.4) is 0 Å². The number of amides is 2. The monoisotopic (exact) mass is 258 g/mol. The van der Waals surface area contributed by atoms with E-state index in [-0.39, 0.29) is 11.1 Å². The molecule has 0 radical (unpaired) electrons. The Morgan fingerprint density at radius 1 is 1.56 bits per heavy atom. The van der Waals surface area contributed by atoms with Gasteiger partial charge in [-0.15, -0.1) is 0 Å². The number of thiocarbonyl (C=S) groups is 1. The number of rotatable bonds is 3. The summed E-state index contributed by atoms with van der Waals surface area (Å²) in [7, 11) is 0. The molecule has 0 saturated carbocycles. The van der Waals surface area contributed by atoms with Gasteiger partial charge in [0.05, 0.1) is 4.91 Å². The van der Waals surface area contributed by atoms with Gasteiger partial charge in [0, 0.05) is 26.2 Å². The molecule has 0 N–H and O–H groups in total. The van der Waals surface area contributed by atoms with E-state index < -0.39 is 0 Å². The van der Waals surface area contributed by atoms with Crippen LogP contribution in [0.15, 0.2) is 11.1 Å². The van der Waals surface area contributed by atoms with Gasteiger partial charge in [-0.1, -0.05) is 12.2 Å². The van der Waals surface area contributed by atoms with Crippen molar-refractivity contribution in [3.63, 3.8) is 0 Å². The zero-order valence-electron chi connectivity index (χ0n) is 9.52. The van der Waals surface area contributed by atoms with Gasteiger partial charge in [0.2, 0.25) is 5.91 Å². The van der Waals surface area contributed by atoms with Crippen molar-refractivity contribution in [1.82, 2.24) is 9.80 Å². The molecule has 0 spiro atoms. The molecule has 6 heteroatoms. The Labute approximate surface area is 105 Å². The third-order valence-electron chi connectivity index (χ3n) is 2.21. The molecule has 88 valence electrons. The normalized spacial score (nSPS) is 18.4. The fourth-order valence-corrected chi connectivity index (χ4v) is 2.65. The van der Waals surface area contributed by atoms with Gasteiger partial charge < -0.3 is 4.90 Å². The zero-order valence-corrected chi connectivity index (χ0v) is 11.2. The molecule has 0 atom stereocenters. The highest BCUT2D eigenvalue weighted by atomic mass is 32.2. The van der Waals surface area contributed by atoms with Gasteiger partial charge in [-0.05, 0) is 25.6 Å². The molecule has 1 aliphatic rings. The summed E-state index contributed by atoms with van der Waals surface area (Å²) < 4.78 is 0. The molecule has 1 aliphatic heterocycles. The first kappa shape index (κ1) is 13.2. The molecule has 1 heterocycles. The van der Waals surface area contributed by atoms with Crippen molar-refractivity contribution in [2.24, 2.45) is 0 Å². The molecule has 0 bridgehead atoms. The molecule has 1 fully saturated rings. The first-order chi connectivity index (χ1) is 7.51. The summed E-state index contributed by atoms with van der Waals surface area (Å²) in [6.45, 7) is 6.37. The Balaban J connectivity index is 2.90. The lowest BCUT2D eigenvalue weighted by atomic mass is 10.4. The molecule has 0 aromatic heterocycles. The number of nitrogens with zero attached hydrogens (tertiary/aromatic N) is 2. The second-order valence-electron chi connectivity index (χ2n) is 3.22. The average Bonchev–Trinajstić information content (AvgIpc) is 2.49. The number of carbonyl (C=O) groups excluding carboxylic acids is 2. The molecule has 16 heavy (non-hydrogen) atoms. The van der Waals surface area contributed by atoms with E-state index in [1.807, 2.05) is 13.8 Å². The van der Waals surface area contributed by atoms with Gasteiger partial charge in [-0.25, -0.2) is 0 Å². The summed E-state index contributed by atoms with van der Waals surface area (Å²) >= 11 is 6.25. The van der Waals surface area contributed by atoms with E-state index in [4.69, 9.17) is 12.2 Å². The smallest absolute Gasteiger partial charge is 0.291 e. The molecule has 1 saturated heterocycles. The van der Waals surface area contributed by atoms with Gasteiger partial charge in [0.25, 0.3) is 5.24 Å². The van der Waals surface area contributed by atoms with Crippen LogP contribution in [0.4, 0.5) is 4.79 Å². The molecular weight excluding hydrogens is 244 g/mol. The number of carbonyl (C=O) groups is 2. The van der Waals surface area contributed by atoms with Crippen LogP contribution in [0, 0.1) is 0 Å². The highest BCUT2D eigenvalue weighted by Gasteiger charge is 2.30. The standard InChI is InChI=1S/C10H14N2O2S2/c1-4-11(7(3)13)6-8-9(15)12(5-2)10(14)16-8/h6H,4-5H2,1-3H3. The van der Waals surface area contributed by atoms with Crippen LogP contribution in [-0.2, 0) is 4.79 Å². The highest BCUT2D eigenvalue weighted by Crippen LogP contribution is 2.31. The second-order valence-corrected chi connectivity index (χ2v) is 4.60. The van der Waals surface area contributed by atoms with E-state index in [1.165, 1.54) is 11.8 Å². The van der Waals surface area contributed by atoms with E-state index in [9.17, 15) is 9.59 Å². The van der Waals surface area contributed by atoms with Crippen LogP contribution < -0.4 is 0 Å². The molecule has 0 aromatic rings. The lowest BCUT2D eigenvalue weighted by molar-refractivity contribution is -0.126. The molecular formula is C10H14N2O2S2. The van der Waals surface area contributed by atoms with Gasteiger partial charge in [-0.2, -0.15) is 0 Å². The third-order valence-corrected chi connectivity index (χ3v) is 3.69. The Hall–Kier alpha value is -0.880. The Morgan fingerprint density at radius 3 is 2.56 bits per heavy atom. The van der Waals surface area contributed by atoms with E-state index in [1.54, 1.807) is 11.1 Å². The SMILES string of the molecule is CCN(C=C1SC(=O)N(CC)C1=S)C(C)=O. The summed E-state index contributed by atoms with van der Waals surface area (Å²) in [6, 6.07) is 0. The first-order valence-corrected chi connectivity index (χ1v) is 6.26. The maximum atomic E-state index is 11.5. The summed E-state index contributed by atoms with van der Waals surface area (Å²) in [5.74, 6) is -0.0548. The highest BCUT2D eigenvalue weighted by molar-refractivity contribution is 8.19. The molecule has 2 amide bonds. The van der Waals surface area contributed by atoms with Crippen LogP contribution >= 0.6 is 24.0 Å². The van der Waals surface area contributed by atoms with E-state index >= 15 is 0 Å². The van der Waals surface area contributed by atoms with Crippen molar-refractivity contribution in [3.8, 4) is 0 Å². The first-order valence-electron chi connectivity index (χ1n) is 5.03. The number of hydrogen-bond acceptors (Lipinski definition) is 4. The minimum atomic E-state index is -0.0710. The van der Waals surface area contributed by atoms with E-state index in [0.717, 1.165) is 11.8 Å². The molecule has 0 unspecified atom stereocenters. The van der Waals surface area contributed by atoms with Crippen LogP contribution in [0.2, 0.25) is 0 Å². The molecule has 0 aromatic carbocycles. The minimum Gasteiger partial charge on any atom is -0.318 e. The van der Waals surface area contributed by atoms with Crippen molar-refractivity contribution in [2.45, 2.75) is 20.8 Å². The quantitative estimate of drug-likeness (QED) is 0.575. The van der Waals surface area contributed by atoms with Crippen LogP contribution in [-0.4, -0.2) is 39.0 Å². The maximum absolute atomic E-state index is 11.5. The van der Waals surface area contributed by atoms with E-state index in [0.29, 0.717) is 23.0 Å². The molecule has 0 aliphatic carbocycles.